The van der Waals surface area contributed by atoms with Crippen molar-refractivity contribution in [1.82, 2.24) is 15.2 Å². The van der Waals surface area contributed by atoms with Crippen LogP contribution < -0.4 is 18.9 Å². The lowest BCUT2D eigenvalue weighted by atomic mass is 10.1. The molecule has 2 aromatic carbocycles. The molecule has 0 saturated heterocycles. The highest BCUT2D eigenvalue weighted by molar-refractivity contribution is 5.69. The third-order valence-corrected chi connectivity index (χ3v) is 3.94. The van der Waals surface area contributed by atoms with E-state index in [4.69, 9.17) is 18.9 Å². The first-order chi connectivity index (χ1) is 13.1. The number of hydrogen-bond acceptors (Lipinski definition) is 7. The van der Waals surface area contributed by atoms with Gasteiger partial charge in [0.25, 0.3) is 0 Å². The Balaban J connectivity index is 2.00. The molecular formula is C19H21N3O5. The minimum Gasteiger partial charge on any atom is -0.504 e. The molecule has 8 heteroatoms. The largest absolute Gasteiger partial charge is 0.504 e. The van der Waals surface area contributed by atoms with Crippen LogP contribution in [0.4, 0.5) is 0 Å². The number of aromatic amines is 1. The van der Waals surface area contributed by atoms with E-state index < -0.39 is 0 Å². The van der Waals surface area contributed by atoms with Gasteiger partial charge in [0.1, 0.15) is 0 Å². The van der Waals surface area contributed by atoms with Crippen molar-refractivity contribution in [3.8, 4) is 51.5 Å². The highest BCUT2D eigenvalue weighted by atomic mass is 16.5. The zero-order valence-electron chi connectivity index (χ0n) is 15.6. The van der Waals surface area contributed by atoms with Gasteiger partial charge in [0, 0.05) is 11.1 Å². The average Bonchev–Trinajstić information content (AvgIpc) is 3.18. The van der Waals surface area contributed by atoms with Gasteiger partial charge in [-0.25, -0.2) is 4.98 Å². The second-order valence-corrected chi connectivity index (χ2v) is 5.54. The smallest absolute Gasteiger partial charge is 0.203 e. The SMILES string of the molecule is CCOc1cc(-c2nc(-c3cc(OC)c(OC)c(OC)c3)n[nH]2)ccc1O. The van der Waals surface area contributed by atoms with E-state index in [1.807, 2.05) is 6.92 Å². The van der Waals surface area contributed by atoms with Gasteiger partial charge >= 0.3 is 0 Å². The predicted molar refractivity (Wildman–Crippen MR) is 99.7 cm³/mol. The molecule has 3 aromatic rings. The van der Waals surface area contributed by atoms with Crippen LogP contribution in [-0.4, -0.2) is 48.2 Å². The second-order valence-electron chi connectivity index (χ2n) is 5.54. The Labute approximate surface area is 156 Å². The standard InChI is InChI=1S/C19H21N3O5/c1-5-27-14-8-11(6-7-13(14)23)18-20-19(22-21-18)12-9-15(24-2)17(26-4)16(10-12)25-3/h6-10,23H,5H2,1-4H3,(H,20,21,22). The Bertz CT molecular complexity index is 914. The van der Waals surface area contributed by atoms with Crippen LogP contribution in [0, 0.1) is 0 Å². The Kier molecular flexibility index (Phi) is 5.35. The number of nitrogens with one attached hydrogen (secondary N) is 1. The summed E-state index contributed by atoms with van der Waals surface area (Å²) < 4.78 is 21.5. The van der Waals surface area contributed by atoms with Gasteiger partial charge < -0.3 is 24.1 Å². The van der Waals surface area contributed by atoms with Crippen molar-refractivity contribution >= 4 is 0 Å². The summed E-state index contributed by atoms with van der Waals surface area (Å²) in [4.78, 5) is 4.53. The van der Waals surface area contributed by atoms with Gasteiger partial charge in [0.05, 0.1) is 27.9 Å². The van der Waals surface area contributed by atoms with E-state index in [0.717, 1.165) is 5.56 Å². The summed E-state index contributed by atoms with van der Waals surface area (Å²) in [6.07, 6.45) is 0. The molecule has 1 heterocycles. The van der Waals surface area contributed by atoms with Crippen LogP contribution >= 0.6 is 0 Å². The fraction of sp³-hybridized carbons (Fsp3) is 0.263. The van der Waals surface area contributed by atoms with Crippen LogP contribution in [0.1, 0.15) is 6.92 Å². The lowest BCUT2D eigenvalue weighted by Gasteiger charge is -2.12. The highest BCUT2D eigenvalue weighted by Gasteiger charge is 2.17. The number of hydrogen-bond donors (Lipinski definition) is 2. The summed E-state index contributed by atoms with van der Waals surface area (Å²) in [5, 5.41) is 17.0. The molecule has 0 atom stereocenters. The Morgan fingerprint density at radius 1 is 0.926 bits per heavy atom. The molecule has 0 aliphatic carbocycles. The maximum absolute atomic E-state index is 9.85. The number of aromatic hydroxyl groups is 1. The topological polar surface area (TPSA) is 98.7 Å². The molecule has 3 rings (SSSR count). The van der Waals surface area contributed by atoms with Gasteiger partial charge in [-0.2, -0.15) is 5.10 Å². The summed E-state index contributed by atoms with van der Waals surface area (Å²) in [5.74, 6) is 3.00. The van der Waals surface area contributed by atoms with Crippen molar-refractivity contribution in [3.63, 3.8) is 0 Å². The molecule has 0 aliphatic heterocycles. The second kappa shape index (κ2) is 7.86. The van der Waals surface area contributed by atoms with Crippen LogP contribution in [0.25, 0.3) is 22.8 Å². The summed E-state index contributed by atoms with van der Waals surface area (Å²) in [5.41, 5.74) is 1.44. The normalized spacial score (nSPS) is 10.5. The monoisotopic (exact) mass is 371 g/mol. The molecule has 0 radical (unpaired) electrons. The van der Waals surface area contributed by atoms with E-state index in [2.05, 4.69) is 15.2 Å². The molecule has 2 N–H and O–H groups in total. The number of aromatic nitrogens is 3. The van der Waals surface area contributed by atoms with Gasteiger partial charge in [0.2, 0.25) is 5.75 Å². The Hall–Kier alpha value is -3.42. The number of methoxy groups -OCH3 is 3. The van der Waals surface area contributed by atoms with Crippen molar-refractivity contribution in [2.45, 2.75) is 6.92 Å². The number of benzene rings is 2. The molecule has 0 fully saturated rings. The predicted octanol–water partition coefficient (Wildman–Crippen LogP) is 3.27. The average molecular weight is 371 g/mol. The quantitative estimate of drug-likeness (QED) is 0.657. The summed E-state index contributed by atoms with van der Waals surface area (Å²) in [6.45, 7) is 2.30. The summed E-state index contributed by atoms with van der Waals surface area (Å²) in [7, 11) is 4.65. The van der Waals surface area contributed by atoms with Gasteiger partial charge in [-0.3, -0.25) is 5.10 Å². The van der Waals surface area contributed by atoms with Crippen molar-refractivity contribution in [1.29, 1.82) is 0 Å². The first-order valence-electron chi connectivity index (χ1n) is 8.30. The van der Waals surface area contributed by atoms with E-state index in [9.17, 15) is 5.11 Å². The lowest BCUT2D eigenvalue weighted by Crippen LogP contribution is -1.96. The van der Waals surface area contributed by atoms with E-state index in [0.29, 0.717) is 46.8 Å². The molecule has 0 spiro atoms. The molecular weight excluding hydrogens is 350 g/mol. The molecule has 142 valence electrons. The van der Waals surface area contributed by atoms with Gasteiger partial charge in [-0.05, 0) is 37.3 Å². The van der Waals surface area contributed by atoms with Gasteiger partial charge in [-0.1, -0.05) is 0 Å². The van der Waals surface area contributed by atoms with Crippen molar-refractivity contribution in [2.75, 3.05) is 27.9 Å². The number of rotatable bonds is 7. The molecule has 27 heavy (non-hydrogen) atoms. The minimum absolute atomic E-state index is 0.0740. The third-order valence-electron chi connectivity index (χ3n) is 3.94. The molecule has 0 saturated carbocycles. The van der Waals surface area contributed by atoms with E-state index >= 15 is 0 Å². The van der Waals surface area contributed by atoms with Crippen molar-refractivity contribution in [3.05, 3.63) is 30.3 Å². The molecule has 0 aliphatic rings. The van der Waals surface area contributed by atoms with E-state index in [1.165, 1.54) is 0 Å². The van der Waals surface area contributed by atoms with Crippen LogP contribution in [0.5, 0.6) is 28.7 Å². The molecule has 0 unspecified atom stereocenters. The summed E-state index contributed by atoms with van der Waals surface area (Å²) >= 11 is 0. The van der Waals surface area contributed by atoms with Crippen LogP contribution in [0.3, 0.4) is 0 Å². The Morgan fingerprint density at radius 3 is 2.19 bits per heavy atom. The molecule has 0 bridgehead atoms. The van der Waals surface area contributed by atoms with Crippen LogP contribution in [0.15, 0.2) is 30.3 Å². The fourth-order valence-corrected chi connectivity index (χ4v) is 2.66. The molecule has 0 amide bonds. The number of phenols is 1. The fourth-order valence-electron chi connectivity index (χ4n) is 2.66. The van der Waals surface area contributed by atoms with Crippen LogP contribution in [0.2, 0.25) is 0 Å². The van der Waals surface area contributed by atoms with Crippen LogP contribution in [-0.2, 0) is 0 Å². The number of H-pyrrole nitrogens is 1. The van der Waals surface area contributed by atoms with Gasteiger partial charge in [-0.15, -0.1) is 0 Å². The zero-order chi connectivity index (χ0) is 19.4. The Morgan fingerprint density at radius 2 is 1.59 bits per heavy atom. The first-order valence-corrected chi connectivity index (χ1v) is 8.30. The van der Waals surface area contributed by atoms with E-state index in [1.54, 1.807) is 51.7 Å². The maximum Gasteiger partial charge on any atom is 0.203 e. The van der Waals surface area contributed by atoms with Gasteiger partial charge in [0.15, 0.2) is 34.6 Å². The minimum atomic E-state index is 0.0740. The molecule has 8 nitrogen and oxygen atoms in total. The third kappa shape index (κ3) is 3.59. The summed E-state index contributed by atoms with van der Waals surface area (Å²) in [6, 6.07) is 8.55. The zero-order valence-corrected chi connectivity index (χ0v) is 15.6. The number of phenolic OH excluding ortho intramolecular Hbond substituents is 1. The number of ether oxygens (including phenoxy) is 4. The number of nitrogens with zero attached hydrogens (tertiary/aromatic N) is 2. The molecule has 1 aromatic heterocycles. The lowest BCUT2D eigenvalue weighted by molar-refractivity contribution is 0.318. The van der Waals surface area contributed by atoms with Crippen molar-refractivity contribution < 1.29 is 24.1 Å². The maximum atomic E-state index is 9.85. The van der Waals surface area contributed by atoms with Crippen molar-refractivity contribution in [2.24, 2.45) is 0 Å². The van der Waals surface area contributed by atoms with E-state index in [-0.39, 0.29) is 5.75 Å². The first kappa shape index (κ1) is 18.4. The highest BCUT2D eigenvalue weighted by Crippen LogP contribution is 2.40.